The van der Waals surface area contributed by atoms with Crippen LogP contribution in [-0.4, -0.2) is 24.1 Å². The highest BCUT2D eigenvalue weighted by Crippen LogP contribution is 2.32. The van der Waals surface area contributed by atoms with Crippen molar-refractivity contribution in [3.63, 3.8) is 0 Å². The molecule has 0 amide bonds. The summed E-state index contributed by atoms with van der Waals surface area (Å²) in [6, 6.07) is 1.78. The number of hydrogen-bond acceptors (Lipinski definition) is 5. The number of nitro groups is 1. The summed E-state index contributed by atoms with van der Waals surface area (Å²) in [4.78, 5) is 21.7. The maximum absolute atomic E-state index is 12.4. The monoisotopic (exact) mass is 309 g/mol. The van der Waals surface area contributed by atoms with Gasteiger partial charge in [-0.1, -0.05) is 0 Å². The van der Waals surface area contributed by atoms with E-state index in [2.05, 4.69) is 9.47 Å². The molecule has 0 radical (unpaired) electrons. The van der Waals surface area contributed by atoms with Gasteiger partial charge in [-0.25, -0.2) is 4.79 Å². The van der Waals surface area contributed by atoms with Crippen LogP contribution in [0.4, 0.5) is 14.5 Å². The van der Waals surface area contributed by atoms with Crippen molar-refractivity contribution in [3.8, 4) is 5.75 Å². The van der Waals surface area contributed by atoms with Crippen LogP contribution in [0.5, 0.6) is 5.75 Å². The summed E-state index contributed by atoms with van der Waals surface area (Å²) in [7, 11) is 0. The SMILES string of the molecule is CCOC(=O)c1cc([N+](=O)[O-])cc(CCl)c1OC(F)F. The molecule has 0 saturated carbocycles. The summed E-state index contributed by atoms with van der Waals surface area (Å²) in [5.74, 6) is -1.85. The molecule has 0 spiro atoms. The molecule has 0 fully saturated rings. The van der Waals surface area contributed by atoms with E-state index in [-0.39, 0.29) is 18.1 Å². The van der Waals surface area contributed by atoms with Gasteiger partial charge < -0.3 is 9.47 Å². The smallest absolute Gasteiger partial charge is 0.387 e. The Hall–Kier alpha value is -1.96. The lowest BCUT2D eigenvalue weighted by molar-refractivity contribution is -0.385. The fourth-order valence-corrected chi connectivity index (χ4v) is 1.66. The maximum Gasteiger partial charge on any atom is 0.387 e. The predicted octanol–water partition coefficient (Wildman–Crippen LogP) is 3.11. The van der Waals surface area contributed by atoms with Gasteiger partial charge in [0.05, 0.1) is 17.4 Å². The van der Waals surface area contributed by atoms with E-state index >= 15 is 0 Å². The Balaban J connectivity index is 3.43. The summed E-state index contributed by atoms with van der Waals surface area (Å²) in [6.45, 7) is -1.72. The zero-order chi connectivity index (χ0) is 15.3. The third kappa shape index (κ3) is 3.77. The molecule has 0 heterocycles. The number of ether oxygens (including phenoxy) is 2. The summed E-state index contributed by atoms with van der Waals surface area (Å²) in [6.07, 6.45) is 0. The van der Waals surface area contributed by atoms with E-state index in [4.69, 9.17) is 11.6 Å². The van der Waals surface area contributed by atoms with Gasteiger partial charge in [0, 0.05) is 17.7 Å². The zero-order valence-electron chi connectivity index (χ0n) is 10.3. The molecule has 0 aromatic heterocycles. The number of nitrogens with zero attached hydrogens (tertiary/aromatic N) is 1. The van der Waals surface area contributed by atoms with Crippen molar-refractivity contribution in [1.82, 2.24) is 0 Å². The number of carbonyl (C=O) groups excluding carboxylic acids is 1. The van der Waals surface area contributed by atoms with E-state index < -0.39 is 34.5 Å². The van der Waals surface area contributed by atoms with Crippen LogP contribution in [0, 0.1) is 10.1 Å². The van der Waals surface area contributed by atoms with Gasteiger partial charge in [-0.2, -0.15) is 8.78 Å². The third-order valence-electron chi connectivity index (χ3n) is 2.21. The number of halogens is 3. The van der Waals surface area contributed by atoms with Crippen LogP contribution in [0.2, 0.25) is 0 Å². The molecule has 0 N–H and O–H groups in total. The van der Waals surface area contributed by atoms with Crippen molar-refractivity contribution in [1.29, 1.82) is 0 Å². The van der Waals surface area contributed by atoms with E-state index in [0.29, 0.717) is 0 Å². The first kappa shape index (κ1) is 16.1. The third-order valence-corrected chi connectivity index (χ3v) is 2.50. The van der Waals surface area contributed by atoms with Crippen molar-refractivity contribution in [2.24, 2.45) is 0 Å². The highest BCUT2D eigenvalue weighted by molar-refractivity contribution is 6.17. The summed E-state index contributed by atoms with van der Waals surface area (Å²) in [5, 5.41) is 10.8. The molecule has 0 saturated heterocycles. The molecule has 0 unspecified atom stereocenters. The topological polar surface area (TPSA) is 78.7 Å². The minimum atomic E-state index is -3.20. The first-order valence-corrected chi connectivity index (χ1v) is 5.93. The molecule has 1 rings (SSSR count). The molecule has 0 atom stereocenters. The first-order valence-electron chi connectivity index (χ1n) is 5.39. The Morgan fingerprint density at radius 1 is 1.50 bits per heavy atom. The molecule has 0 bridgehead atoms. The van der Waals surface area contributed by atoms with Crippen molar-refractivity contribution in [3.05, 3.63) is 33.4 Å². The Kier molecular flexibility index (Phi) is 5.63. The highest BCUT2D eigenvalue weighted by Gasteiger charge is 2.25. The lowest BCUT2D eigenvalue weighted by Gasteiger charge is -2.13. The summed E-state index contributed by atoms with van der Waals surface area (Å²) in [5.41, 5.74) is -1.02. The van der Waals surface area contributed by atoms with Crippen LogP contribution in [-0.2, 0) is 10.6 Å². The number of esters is 1. The van der Waals surface area contributed by atoms with Gasteiger partial charge >= 0.3 is 12.6 Å². The molecule has 0 aliphatic carbocycles. The van der Waals surface area contributed by atoms with Gasteiger partial charge in [-0.15, -0.1) is 11.6 Å². The second-order valence-electron chi connectivity index (χ2n) is 3.47. The largest absolute Gasteiger partial charge is 0.462 e. The number of benzene rings is 1. The highest BCUT2D eigenvalue weighted by atomic mass is 35.5. The molecule has 0 aliphatic heterocycles. The Bertz CT molecular complexity index is 524. The molecule has 20 heavy (non-hydrogen) atoms. The average molecular weight is 310 g/mol. The van der Waals surface area contributed by atoms with Crippen LogP contribution < -0.4 is 4.74 Å². The van der Waals surface area contributed by atoms with Crippen LogP contribution in [0.1, 0.15) is 22.8 Å². The van der Waals surface area contributed by atoms with Crippen molar-refractivity contribution >= 4 is 23.3 Å². The standard InChI is InChI=1S/C11H10ClF2NO5/c1-2-19-10(16)8-4-7(15(17)18)3-6(5-12)9(8)20-11(13)14/h3-4,11H,2,5H2,1H3. The lowest BCUT2D eigenvalue weighted by Crippen LogP contribution is -2.13. The number of rotatable bonds is 6. The summed E-state index contributed by atoms with van der Waals surface area (Å²) >= 11 is 5.55. The minimum Gasteiger partial charge on any atom is -0.462 e. The maximum atomic E-state index is 12.4. The minimum absolute atomic E-state index is 0.0220. The Morgan fingerprint density at radius 3 is 2.60 bits per heavy atom. The van der Waals surface area contributed by atoms with E-state index in [9.17, 15) is 23.7 Å². The fourth-order valence-electron chi connectivity index (χ4n) is 1.47. The van der Waals surface area contributed by atoms with Crippen molar-refractivity contribution in [2.75, 3.05) is 6.61 Å². The molecule has 1 aromatic rings. The number of alkyl halides is 3. The van der Waals surface area contributed by atoms with Crippen molar-refractivity contribution in [2.45, 2.75) is 19.4 Å². The van der Waals surface area contributed by atoms with Crippen molar-refractivity contribution < 1.29 is 28.0 Å². The van der Waals surface area contributed by atoms with Gasteiger partial charge in [-0.3, -0.25) is 10.1 Å². The average Bonchev–Trinajstić information content (AvgIpc) is 2.38. The Morgan fingerprint density at radius 2 is 2.15 bits per heavy atom. The van der Waals surface area contributed by atoms with E-state index in [1.807, 2.05) is 0 Å². The number of non-ortho nitro benzene ring substituents is 1. The van der Waals surface area contributed by atoms with Gasteiger partial charge in [-0.05, 0) is 6.92 Å². The second-order valence-corrected chi connectivity index (χ2v) is 3.74. The number of carbonyl (C=O) groups is 1. The van der Waals surface area contributed by atoms with Gasteiger partial charge in [0.1, 0.15) is 11.3 Å². The van der Waals surface area contributed by atoms with Crippen LogP contribution >= 0.6 is 11.6 Å². The molecular formula is C11H10ClF2NO5. The second kappa shape index (κ2) is 6.99. The zero-order valence-corrected chi connectivity index (χ0v) is 11.0. The lowest BCUT2D eigenvalue weighted by atomic mass is 10.1. The number of nitro benzene ring substituents is 1. The van der Waals surface area contributed by atoms with Gasteiger partial charge in [0.2, 0.25) is 0 Å². The fraction of sp³-hybridized carbons (Fsp3) is 0.364. The van der Waals surface area contributed by atoms with Crippen LogP contribution in [0.3, 0.4) is 0 Å². The van der Waals surface area contributed by atoms with Crippen LogP contribution in [0.15, 0.2) is 12.1 Å². The molecule has 9 heteroatoms. The van der Waals surface area contributed by atoms with E-state index in [1.165, 1.54) is 6.92 Å². The molecule has 0 aliphatic rings. The van der Waals surface area contributed by atoms with Gasteiger partial charge in [0.25, 0.3) is 5.69 Å². The predicted molar refractivity (Wildman–Crippen MR) is 65.2 cm³/mol. The molecule has 1 aromatic carbocycles. The molecule has 110 valence electrons. The summed E-state index contributed by atoms with van der Waals surface area (Å²) < 4.78 is 33.6. The Labute approximate surface area is 117 Å². The quantitative estimate of drug-likeness (QED) is 0.349. The molecule has 6 nitrogen and oxygen atoms in total. The first-order chi connectivity index (χ1) is 9.40. The van der Waals surface area contributed by atoms with Crippen LogP contribution in [0.25, 0.3) is 0 Å². The molecular weight excluding hydrogens is 300 g/mol. The van der Waals surface area contributed by atoms with E-state index in [0.717, 1.165) is 12.1 Å². The normalized spacial score (nSPS) is 10.4. The van der Waals surface area contributed by atoms with E-state index in [1.54, 1.807) is 0 Å². The van der Waals surface area contributed by atoms with Gasteiger partial charge in [0.15, 0.2) is 0 Å². The number of hydrogen-bond donors (Lipinski definition) is 0.